The van der Waals surface area contributed by atoms with E-state index in [1.54, 1.807) is 0 Å². The lowest BCUT2D eigenvalue weighted by Gasteiger charge is -2.11. The minimum Gasteiger partial charge on any atom is -0.387 e. The predicted molar refractivity (Wildman–Crippen MR) is 67.9 cm³/mol. The molecular weight excluding hydrogens is 291 g/mol. The second-order valence-electron chi connectivity index (χ2n) is 3.93. The van der Waals surface area contributed by atoms with Gasteiger partial charge in [0.25, 0.3) is 5.91 Å². The fourth-order valence-electron chi connectivity index (χ4n) is 1.49. The first-order chi connectivity index (χ1) is 9.47. The molecule has 106 valence electrons. The van der Waals surface area contributed by atoms with Crippen LogP contribution in [0.1, 0.15) is 22.3 Å². The van der Waals surface area contributed by atoms with Gasteiger partial charge in [0, 0.05) is 6.54 Å². The molecule has 1 amide bonds. The Morgan fingerprint density at radius 1 is 1.55 bits per heavy atom. The summed E-state index contributed by atoms with van der Waals surface area (Å²) in [6.07, 6.45) is -1.11. The first kappa shape index (κ1) is 14.2. The van der Waals surface area contributed by atoms with Crippen molar-refractivity contribution < 1.29 is 14.3 Å². The Morgan fingerprint density at radius 3 is 2.90 bits per heavy atom. The number of hydrogen-bond acceptors (Lipinski definition) is 4. The second kappa shape index (κ2) is 5.85. The molecule has 7 nitrogen and oxygen atoms in total. The van der Waals surface area contributed by atoms with E-state index in [1.165, 1.54) is 12.1 Å². The molecule has 2 aromatic rings. The smallest absolute Gasteiger partial charge is 0.341 e. The van der Waals surface area contributed by atoms with Crippen LogP contribution in [0.5, 0.6) is 0 Å². The van der Waals surface area contributed by atoms with Crippen LogP contribution in [0, 0.1) is 5.82 Å². The van der Waals surface area contributed by atoms with Crippen molar-refractivity contribution in [2.45, 2.75) is 6.10 Å². The molecular formula is C11H10ClFN4O3. The van der Waals surface area contributed by atoms with Crippen molar-refractivity contribution >= 4 is 17.5 Å². The lowest BCUT2D eigenvalue weighted by atomic mass is 10.1. The molecule has 0 saturated carbocycles. The first-order valence-electron chi connectivity index (χ1n) is 5.53. The number of aliphatic hydroxyl groups excluding tert-OH is 1. The van der Waals surface area contributed by atoms with Crippen LogP contribution < -0.4 is 11.0 Å². The average Bonchev–Trinajstić information content (AvgIpc) is 2.85. The van der Waals surface area contributed by atoms with Crippen LogP contribution in [0.25, 0.3) is 0 Å². The fourth-order valence-corrected chi connectivity index (χ4v) is 1.61. The highest BCUT2D eigenvalue weighted by atomic mass is 35.5. The summed E-state index contributed by atoms with van der Waals surface area (Å²) in [4.78, 5) is 24.5. The van der Waals surface area contributed by atoms with E-state index in [-0.39, 0.29) is 23.0 Å². The number of nitrogens with zero attached hydrogens (tertiary/aromatic N) is 1. The lowest BCUT2D eigenvalue weighted by molar-refractivity contribution is 0.0906. The molecule has 1 atom stereocenters. The van der Waals surface area contributed by atoms with E-state index in [4.69, 9.17) is 11.6 Å². The van der Waals surface area contributed by atoms with Gasteiger partial charge in [-0.1, -0.05) is 17.7 Å². The van der Waals surface area contributed by atoms with Crippen LogP contribution in [0.4, 0.5) is 4.39 Å². The molecule has 9 heteroatoms. The van der Waals surface area contributed by atoms with Crippen molar-refractivity contribution in [3.05, 3.63) is 50.9 Å². The van der Waals surface area contributed by atoms with Crippen molar-refractivity contribution in [1.29, 1.82) is 0 Å². The van der Waals surface area contributed by atoms with Crippen LogP contribution in [0.3, 0.4) is 0 Å². The molecule has 0 bridgehead atoms. The van der Waals surface area contributed by atoms with Crippen LogP contribution in [0.2, 0.25) is 5.02 Å². The minimum absolute atomic E-state index is 0.0564. The molecule has 2 rings (SSSR count). The Labute approximate surface area is 116 Å². The zero-order valence-electron chi connectivity index (χ0n) is 9.98. The summed E-state index contributed by atoms with van der Waals surface area (Å²) in [6, 6.07) is 3.83. The van der Waals surface area contributed by atoms with E-state index in [0.717, 1.165) is 6.07 Å². The Kier molecular flexibility index (Phi) is 4.16. The Hall–Kier alpha value is -2.19. The van der Waals surface area contributed by atoms with Crippen LogP contribution >= 0.6 is 11.6 Å². The van der Waals surface area contributed by atoms with Gasteiger partial charge < -0.3 is 10.4 Å². The molecule has 0 aliphatic carbocycles. The predicted octanol–water partition coefficient (Wildman–Crippen LogP) is 0.354. The van der Waals surface area contributed by atoms with Crippen LogP contribution in [0.15, 0.2) is 23.0 Å². The van der Waals surface area contributed by atoms with Gasteiger partial charge in [-0.2, -0.15) is 0 Å². The molecule has 1 heterocycles. The second-order valence-corrected chi connectivity index (χ2v) is 4.33. The highest BCUT2D eigenvalue weighted by molar-refractivity contribution is 6.30. The van der Waals surface area contributed by atoms with Crippen molar-refractivity contribution in [2.24, 2.45) is 0 Å². The van der Waals surface area contributed by atoms with Gasteiger partial charge in [0.15, 0.2) is 0 Å². The van der Waals surface area contributed by atoms with Crippen molar-refractivity contribution in [2.75, 3.05) is 6.54 Å². The van der Waals surface area contributed by atoms with Gasteiger partial charge in [-0.15, -0.1) is 5.10 Å². The molecule has 0 aliphatic rings. The Morgan fingerprint density at radius 2 is 2.30 bits per heavy atom. The number of carbonyl (C=O) groups is 1. The van der Waals surface area contributed by atoms with Crippen LogP contribution in [-0.2, 0) is 0 Å². The first-order valence-corrected chi connectivity index (χ1v) is 5.91. The van der Waals surface area contributed by atoms with Gasteiger partial charge in [-0.05, 0) is 17.7 Å². The number of amides is 1. The topological polar surface area (TPSA) is 111 Å². The minimum atomic E-state index is -1.11. The largest absolute Gasteiger partial charge is 0.387 e. The van der Waals surface area contributed by atoms with Gasteiger partial charge in [0.1, 0.15) is 5.82 Å². The third kappa shape index (κ3) is 3.22. The quantitative estimate of drug-likeness (QED) is 0.653. The zero-order chi connectivity index (χ0) is 14.7. The molecule has 0 aliphatic heterocycles. The van der Waals surface area contributed by atoms with E-state index in [9.17, 15) is 19.1 Å². The Balaban J connectivity index is 1.98. The molecule has 1 aromatic heterocycles. The summed E-state index contributed by atoms with van der Waals surface area (Å²) in [7, 11) is 0. The van der Waals surface area contributed by atoms with Gasteiger partial charge in [-0.3, -0.25) is 9.78 Å². The monoisotopic (exact) mass is 300 g/mol. The number of aromatic nitrogens is 3. The normalized spacial score (nSPS) is 12.2. The number of aromatic amines is 2. The third-order valence-electron chi connectivity index (χ3n) is 2.50. The number of H-pyrrole nitrogens is 2. The van der Waals surface area contributed by atoms with Gasteiger partial charge in [0.2, 0.25) is 5.82 Å². The number of carbonyl (C=O) groups excluding carboxylic acids is 1. The summed E-state index contributed by atoms with van der Waals surface area (Å²) < 4.78 is 13.2. The molecule has 0 saturated heterocycles. The van der Waals surface area contributed by atoms with Gasteiger partial charge in [-0.25, -0.2) is 14.3 Å². The summed E-state index contributed by atoms with van der Waals surface area (Å²) in [5.41, 5.74) is -0.349. The Bertz CT molecular complexity index is 684. The van der Waals surface area contributed by atoms with Gasteiger partial charge in [0.05, 0.1) is 11.1 Å². The number of rotatable bonds is 4. The van der Waals surface area contributed by atoms with E-state index < -0.39 is 23.5 Å². The van der Waals surface area contributed by atoms with E-state index in [1.807, 2.05) is 5.10 Å². The summed E-state index contributed by atoms with van der Waals surface area (Å²) >= 11 is 5.52. The molecule has 0 fully saturated rings. The molecule has 1 unspecified atom stereocenters. The standard InChI is InChI=1S/C11H10ClFN4O3/c12-6-2-1-5(3-7(6)13)8(18)4-14-10(19)9-15-11(20)17-16-9/h1-3,8,18H,4H2,(H,14,19)(H2,15,16,17,20). The summed E-state index contributed by atoms with van der Waals surface area (Å²) in [5, 5.41) is 17.6. The van der Waals surface area contributed by atoms with E-state index in [0.29, 0.717) is 0 Å². The maximum atomic E-state index is 13.2. The highest BCUT2D eigenvalue weighted by Crippen LogP contribution is 2.19. The number of nitrogens with one attached hydrogen (secondary N) is 3. The third-order valence-corrected chi connectivity index (χ3v) is 2.81. The zero-order valence-corrected chi connectivity index (χ0v) is 10.7. The molecule has 4 N–H and O–H groups in total. The van der Waals surface area contributed by atoms with E-state index >= 15 is 0 Å². The van der Waals surface area contributed by atoms with Gasteiger partial charge >= 0.3 is 5.69 Å². The van der Waals surface area contributed by atoms with Crippen molar-refractivity contribution in [3.8, 4) is 0 Å². The van der Waals surface area contributed by atoms with Crippen molar-refractivity contribution in [3.63, 3.8) is 0 Å². The highest BCUT2D eigenvalue weighted by Gasteiger charge is 2.14. The van der Waals surface area contributed by atoms with E-state index in [2.05, 4.69) is 15.4 Å². The number of halogens is 2. The van der Waals surface area contributed by atoms with Crippen LogP contribution in [-0.4, -0.2) is 32.7 Å². The lowest BCUT2D eigenvalue weighted by Crippen LogP contribution is -2.29. The summed E-state index contributed by atoms with van der Waals surface area (Å²) in [5.74, 6) is -1.53. The number of aliphatic hydroxyl groups is 1. The van der Waals surface area contributed by atoms with Crippen molar-refractivity contribution in [1.82, 2.24) is 20.5 Å². The fraction of sp³-hybridized carbons (Fsp3) is 0.182. The molecule has 0 spiro atoms. The maximum absolute atomic E-state index is 13.2. The average molecular weight is 301 g/mol. The maximum Gasteiger partial charge on any atom is 0.341 e. The SMILES string of the molecule is O=C(NCC(O)c1ccc(Cl)c(F)c1)c1n[nH]c(=O)[nH]1. The number of hydrogen-bond donors (Lipinski definition) is 4. The molecule has 20 heavy (non-hydrogen) atoms. The number of benzene rings is 1. The summed E-state index contributed by atoms with van der Waals surface area (Å²) in [6.45, 7) is -0.172. The molecule has 1 aromatic carbocycles. The molecule has 0 radical (unpaired) electrons.